The van der Waals surface area contributed by atoms with Crippen molar-refractivity contribution < 1.29 is 42.1 Å². The van der Waals surface area contributed by atoms with Crippen molar-refractivity contribution >= 4 is 19.8 Å². The maximum Gasteiger partial charge on any atom is 0.472 e. The van der Waals surface area contributed by atoms with Crippen molar-refractivity contribution in [3.05, 3.63) is 24.3 Å². The fraction of sp³-hybridized carbons (Fsp3) is 0.875. The quantitative estimate of drug-likeness (QED) is 0.0212. The van der Waals surface area contributed by atoms with Gasteiger partial charge in [0.1, 0.15) is 19.8 Å². The molecular weight excluding hydrogens is 750 g/mol. The zero-order valence-corrected chi connectivity index (χ0v) is 39.4. The monoisotopic (exact) mass is 843 g/mol. The molecule has 0 aromatic rings. The number of esters is 2. The van der Waals surface area contributed by atoms with Gasteiger partial charge in [-0.05, 0) is 64.2 Å². The highest BCUT2D eigenvalue weighted by Crippen LogP contribution is 2.43. The van der Waals surface area contributed by atoms with Crippen LogP contribution in [0.25, 0.3) is 0 Å². The van der Waals surface area contributed by atoms with Crippen LogP contribution < -0.4 is 0 Å². The predicted molar refractivity (Wildman–Crippen MR) is 243 cm³/mol. The highest BCUT2D eigenvalue weighted by molar-refractivity contribution is 7.47. The summed E-state index contributed by atoms with van der Waals surface area (Å²) in [5, 5.41) is 0. The summed E-state index contributed by atoms with van der Waals surface area (Å²) < 4.78 is 34.4. The average molecular weight is 843 g/mol. The lowest BCUT2D eigenvalue weighted by Crippen LogP contribution is -2.37. The van der Waals surface area contributed by atoms with Crippen LogP contribution in [0, 0.1) is 0 Å². The number of quaternary nitrogens is 1. The van der Waals surface area contributed by atoms with E-state index in [4.69, 9.17) is 18.5 Å². The summed E-state index contributed by atoms with van der Waals surface area (Å²) >= 11 is 0. The Bertz CT molecular complexity index is 1040. The molecule has 0 spiro atoms. The average Bonchev–Trinajstić information content (AvgIpc) is 3.17. The Hall–Kier alpha value is -1.51. The van der Waals surface area contributed by atoms with Crippen molar-refractivity contribution in [3.63, 3.8) is 0 Å². The number of phosphoric ester groups is 1. The lowest BCUT2D eigenvalue weighted by atomic mass is 10.1. The molecule has 0 amide bonds. The standard InChI is InChI=1S/C48H92NO8P/c1-6-8-10-12-14-16-18-20-22-24-25-27-29-31-33-35-37-39-41-48(51)57-46(45-56-58(52,53)55-43-42-49(3,4)5)44-54-47(50)40-38-36-34-32-30-28-26-23-21-19-17-15-13-11-9-7-2/h22-24,26,46H,6-21,25,27-45H2,1-5H3/p+1/b24-22-,26-23-. The SMILES string of the molecule is CCCCCCCCC/C=C\CCCCCCCCCC(=O)OC(COC(=O)CCCCCCC/C=C\CCCCCCCCC)COP(=O)(O)OCC[N+](C)(C)C. The van der Waals surface area contributed by atoms with E-state index in [1.165, 1.54) is 122 Å². The molecule has 0 aromatic carbocycles. The number of likely N-dealkylation sites (N-methyl/N-ethyl adjacent to an activating group) is 1. The molecule has 0 aliphatic carbocycles. The Kier molecular flexibility index (Phi) is 39.8. The minimum atomic E-state index is -4.38. The summed E-state index contributed by atoms with van der Waals surface area (Å²) in [5.41, 5.74) is 0. The Morgan fingerprint density at radius 3 is 1.28 bits per heavy atom. The van der Waals surface area contributed by atoms with Crippen molar-refractivity contribution in [2.24, 2.45) is 0 Å². The lowest BCUT2D eigenvalue weighted by Gasteiger charge is -2.24. The van der Waals surface area contributed by atoms with Gasteiger partial charge in [0, 0.05) is 12.8 Å². The van der Waals surface area contributed by atoms with E-state index in [9.17, 15) is 19.0 Å². The minimum Gasteiger partial charge on any atom is -0.462 e. The Balaban J connectivity index is 4.31. The van der Waals surface area contributed by atoms with Crippen LogP contribution >= 0.6 is 7.82 Å². The van der Waals surface area contributed by atoms with E-state index < -0.39 is 26.5 Å². The first-order valence-corrected chi connectivity index (χ1v) is 25.6. The molecule has 0 aromatic heterocycles. The van der Waals surface area contributed by atoms with E-state index in [0.717, 1.165) is 64.2 Å². The lowest BCUT2D eigenvalue weighted by molar-refractivity contribution is -0.870. The van der Waals surface area contributed by atoms with Crippen molar-refractivity contribution in [1.29, 1.82) is 0 Å². The molecule has 2 unspecified atom stereocenters. The first-order valence-electron chi connectivity index (χ1n) is 24.1. The zero-order chi connectivity index (χ0) is 42.8. The molecule has 58 heavy (non-hydrogen) atoms. The van der Waals surface area contributed by atoms with Gasteiger partial charge < -0.3 is 18.9 Å². The van der Waals surface area contributed by atoms with Gasteiger partial charge in [-0.15, -0.1) is 0 Å². The normalized spacial score (nSPS) is 13.7. The van der Waals surface area contributed by atoms with Crippen LogP contribution in [0.3, 0.4) is 0 Å². The molecule has 0 saturated heterocycles. The summed E-state index contributed by atoms with van der Waals surface area (Å²) in [5.74, 6) is -0.806. The third-order valence-electron chi connectivity index (χ3n) is 10.5. The molecule has 0 saturated carbocycles. The van der Waals surface area contributed by atoms with Gasteiger partial charge in [0.05, 0.1) is 27.7 Å². The second-order valence-electron chi connectivity index (χ2n) is 17.5. The number of allylic oxidation sites excluding steroid dienone is 4. The molecule has 0 bridgehead atoms. The molecule has 0 radical (unpaired) electrons. The second-order valence-corrected chi connectivity index (χ2v) is 18.9. The molecule has 0 aliphatic rings. The zero-order valence-electron chi connectivity index (χ0n) is 38.5. The van der Waals surface area contributed by atoms with Gasteiger partial charge in [-0.1, -0.05) is 167 Å². The van der Waals surface area contributed by atoms with E-state index in [-0.39, 0.29) is 32.0 Å². The topological polar surface area (TPSA) is 108 Å². The van der Waals surface area contributed by atoms with Gasteiger partial charge in [-0.2, -0.15) is 0 Å². The minimum absolute atomic E-state index is 0.0309. The van der Waals surface area contributed by atoms with E-state index in [1.807, 2.05) is 21.1 Å². The molecule has 0 rings (SSSR count). The van der Waals surface area contributed by atoms with Crippen LogP contribution in [0.15, 0.2) is 24.3 Å². The van der Waals surface area contributed by atoms with E-state index in [0.29, 0.717) is 17.4 Å². The second kappa shape index (κ2) is 40.9. The van der Waals surface area contributed by atoms with Gasteiger partial charge >= 0.3 is 19.8 Å². The Morgan fingerprint density at radius 2 is 0.879 bits per heavy atom. The molecule has 0 heterocycles. The van der Waals surface area contributed by atoms with Crippen molar-refractivity contribution in [2.75, 3.05) is 47.5 Å². The number of ether oxygens (including phenoxy) is 2. The van der Waals surface area contributed by atoms with E-state index >= 15 is 0 Å². The molecule has 0 fully saturated rings. The van der Waals surface area contributed by atoms with Crippen LogP contribution in [0.5, 0.6) is 0 Å². The first-order chi connectivity index (χ1) is 28.0. The van der Waals surface area contributed by atoms with Gasteiger partial charge in [0.2, 0.25) is 0 Å². The van der Waals surface area contributed by atoms with E-state index in [1.54, 1.807) is 0 Å². The first kappa shape index (κ1) is 56.5. The van der Waals surface area contributed by atoms with Crippen LogP contribution in [0.2, 0.25) is 0 Å². The molecule has 2 atom stereocenters. The maximum atomic E-state index is 12.7. The molecule has 0 aliphatic heterocycles. The number of hydrogen-bond donors (Lipinski definition) is 1. The third-order valence-corrected chi connectivity index (χ3v) is 11.4. The number of hydrogen-bond acceptors (Lipinski definition) is 7. The largest absolute Gasteiger partial charge is 0.472 e. The van der Waals surface area contributed by atoms with Gasteiger partial charge in [0.15, 0.2) is 6.10 Å². The van der Waals surface area contributed by atoms with Crippen molar-refractivity contribution in [2.45, 2.75) is 225 Å². The summed E-state index contributed by atoms with van der Waals surface area (Å²) in [4.78, 5) is 35.4. The summed E-state index contributed by atoms with van der Waals surface area (Å²) in [6.45, 7) is 4.43. The number of phosphoric acid groups is 1. The van der Waals surface area contributed by atoms with Crippen LogP contribution in [0.4, 0.5) is 0 Å². The predicted octanol–water partition coefficient (Wildman–Crippen LogP) is 13.9. The molecular formula is C48H93NO8P+. The van der Waals surface area contributed by atoms with Crippen molar-refractivity contribution in [3.8, 4) is 0 Å². The van der Waals surface area contributed by atoms with Gasteiger partial charge in [-0.25, -0.2) is 4.57 Å². The number of rotatable bonds is 44. The third kappa shape index (κ3) is 44.1. The van der Waals surface area contributed by atoms with Gasteiger partial charge in [0.25, 0.3) is 0 Å². The fourth-order valence-corrected chi connectivity index (χ4v) is 7.39. The highest BCUT2D eigenvalue weighted by Gasteiger charge is 2.27. The van der Waals surface area contributed by atoms with Crippen LogP contribution in [-0.4, -0.2) is 74.9 Å². The van der Waals surface area contributed by atoms with Crippen LogP contribution in [0.1, 0.15) is 219 Å². The van der Waals surface area contributed by atoms with E-state index in [2.05, 4.69) is 38.2 Å². The number of carbonyl (C=O) groups excluding carboxylic acids is 2. The smallest absolute Gasteiger partial charge is 0.462 e. The molecule has 10 heteroatoms. The summed E-state index contributed by atoms with van der Waals surface area (Å²) in [6.07, 6.45) is 45.1. The van der Waals surface area contributed by atoms with Crippen molar-refractivity contribution in [1.82, 2.24) is 0 Å². The molecule has 9 nitrogen and oxygen atoms in total. The number of unbranched alkanes of at least 4 members (excludes halogenated alkanes) is 26. The maximum absolute atomic E-state index is 12.7. The molecule has 1 N–H and O–H groups in total. The Labute approximate surface area is 358 Å². The fourth-order valence-electron chi connectivity index (χ4n) is 6.65. The Morgan fingerprint density at radius 1 is 0.517 bits per heavy atom. The molecule has 342 valence electrons. The van der Waals surface area contributed by atoms with Gasteiger partial charge in [-0.3, -0.25) is 18.6 Å². The summed E-state index contributed by atoms with van der Waals surface area (Å²) in [7, 11) is 1.47. The summed E-state index contributed by atoms with van der Waals surface area (Å²) in [6, 6.07) is 0. The highest BCUT2D eigenvalue weighted by atomic mass is 31.2. The number of carbonyl (C=O) groups is 2. The number of nitrogens with zero attached hydrogens (tertiary/aromatic N) is 1. The van der Waals surface area contributed by atoms with Crippen LogP contribution in [-0.2, 0) is 32.7 Å².